The van der Waals surface area contributed by atoms with Crippen molar-refractivity contribution in [3.63, 3.8) is 0 Å². The van der Waals surface area contributed by atoms with Crippen molar-refractivity contribution in [2.45, 2.75) is 17.3 Å². The Morgan fingerprint density at radius 1 is 1.10 bits per heavy atom. The van der Waals surface area contributed by atoms with Crippen molar-refractivity contribution in [2.24, 2.45) is 0 Å². The average molecular weight is 429 g/mol. The summed E-state index contributed by atoms with van der Waals surface area (Å²) in [6.07, 6.45) is -0.0671. The number of carbonyl (C=O) groups is 1. The molecule has 3 aromatic rings. The molecule has 0 aliphatic carbocycles. The molecular weight excluding hydrogens is 409 g/mol. The Bertz CT molecular complexity index is 1090. The van der Waals surface area contributed by atoms with Gasteiger partial charge < -0.3 is 19.8 Å². The highest BCUT2D eigenvalue weighted by Gasteiger charge is 2.11. The van der Waals surface area contributed by atoms with Crippen LogP contribution in [-0.2, 0) is 17.0 Å². The van der Waals surface area contributed by atoms with Gasteiger partial charge in [-0.1, -0.05) is 23.9 Å². The average Bonchev–Trinajstić information content (AvgIpc) is 2.72. The van der Waals surface area contributed by atoms with Gasteiger partial charge in [-0.2, -0.15) is 0 Å². The summed E-state index contributed by atoms with van der Waals surface area (Å²) in [5.41, 5.74) is 1.42. The fourth-order valence-corrected chi connectivity index (χ4v) is 3.51. The first-order chi connectivity index (χ1) is 14.5. The molecule has 0 unspecified atom stereocenters. The Balaban J connectivity index is 1.65. The number of benzene rings is 2. The second kappa shape index (κ2) is 9.93. The topological polar surface area (TPSA) is 93.3 Å². The maximum absolute atomic E-state index is 13.0. The lowest BCUT2D eigenvalue weighted by atomic mass is 10.2. The van der Waals surface area contributed by atoms with E-state index in [-0.39, 0.29) is 23.7 Å². The number of thioether (sulfide) groups is 1. The molecule has 1 heterocycles. The molecule has 0 saturated carbocycles. The van der Waals surface area contributed by atoms with Gasteiger partial charge >= 0.3 is 0 Å². The highest BCUT2D eigenvalue weighted by atomic mass is 32.2. The van der Waals surface area contributed by atoms with E-state index in [1.54, 1.807) is 30.3 Å². The zero-order valence-electron chi connectivity index (χ0n) is 16.4. The second-order valence-corrected chi connectivity index (χ2v) is 7.22. The lowest BCUT2D eigenvalue weighted by Gasteiger charge is -2.10. The molecule has 0 atom stereocenters. The van der Waals surface area contributed by atoms with Crippen LogP contribution in [0.3, 0.4) is 0 Å². The van der Waals surface area contributed by atoms with Crippen molar-refractivity contribution in [1.29, 1.82) is 0 Å². The van der Waals surface area contributed by atoms with Crippen LogP contribution in [0.15, 0.2) is 58.5 Å². The summed E-state index contributed by atoms with van der Waals surface area (Å²) in [5.74, 6) is 0.913. The van der Waals surface area contributed by atoms with E-state index >= 15 is 0 Å². The fourth-order valence-electron chi connectivity index (χ4n) is 2.66. The summed E-state index contributed by atoms with van der Waals surface area (Å²) < 4.78 is 23.4. The number of hydrogen-bond donors (Lipinski definition) is 2. The summed E-state index contributed by atoms with van der Waals surface area (Å²) in [7, 11) is 3.04. The molecule has 0 spiro atoms. The standard InChI is InChI=1S/C21H20FN3O4S/c1-28-17-8-7-15(9-18(17)29-2)23-19(26)10-16-11-20(27)25-21(24-16)30-12-13-3-5-14(22)6-4-13/h3-9,11H,10,12H2,1-2H3,(H,23,26)(H,24,25,27). The van der Waals surface area contributed by atoms with Gasteiger partial charge in [0.05, 0.1) is 26.3 Å². The molecule has 0 aliphatic heterocycles. The van der Waals surface area contributed by atoms with Gasteiger partial charge in [0.15, 0.2) is 16.7 Å². The molecule has 30 heavy (non-hydrogen) atoms. The number of carbonyl (C=O) groups excluding carboxylic acids is 1. The zero-order valence-corrected chi connectivity index (χ0v) is 17.2. The molecule has 0 aliphatic rings. The molecule has 156 valence electrons. The van der Waals surface area contributed by atoms with Gasteiger partial charge in [0.2, 0.25) is 5.91 Å². The maximum atomic E-state index is 13.0. The fraction of sp³-hybridized carbons (Fsp3) is 0.190. The zero-order chi connectivity index (χ0) is 21.5. The van der Waals surface area contributed by atoms with Crippen LogP contribution in [-0.4, -0.2) is 30.1 Å². The Morgan fingerprint density at radius 3 is 2.53 bits per heavy atom. The van der Waals surface area contributed by atoms with Crippen LogP contribution in [0, 0.1) is 5.82 Å². The molecule has 0 bridgehead atoms. The first-order valence-corrected chi connectivity index (χ1v) is 9.94. The minimum atomic E-state index is -0.347. The number of H-pyrrole nitrogens is 1. The number of anilines is 1. The van der Waals surface area contributed by atoms with E-state index in [1.165, 1.54) is 44.2 Å². The van der Waals surface area contributed by atoms with Gasteiger partial charge in [-0.05, 0) is 29.8 Å². The van der Waals surface area contributed by atoms with E-state index in [9.17, 15) is 14.0 Å². The van der Waals surface area contributed by atoms with E-state index in [0.29, 0.717) is 33.8 Å². The molecule has 7 nitrogen and oxygen atoms in total. The number of nitrogens with zero attached hydrogens (tertiary/aromatic N) is 1. The minimum Gasteiger partial charge on any atom is -0.493 e. The Labute approximate surface area is 176 Å². The number of ether oxygens (including phenoxy) is 2. The van der Waals surface area contributed by atoms with E-state index in [1.807, 2.05) is 0 Å². The number of aromatic nitrogens is 2. The van der Waals surface area contributed by atoms with Crippen molar-refractivity contribution in [1.82, 2.24) is 9.97 Å². The van der Waals surface area contributed by atoms with E-state index in [4.69, 9.17) is 9.47 Å². The third-order valence-electron chi connectivity index (χ3n) is 4.07. The van der Waals surface area contributed by atoms with Crippen molar-refractivity contribution >= 4 is 23.4 Å². The van der Waals surface area contributed by atoms with Crippen LogP contribution < -0.4 is 20.3 Å². The minimum absolute atomic E-state index is 0.0671. The molecule has 9 heteroatoms. The molecule has 0 fully saturated rings. The molecule has 0 radical (unpaired) electrons. The first-order valence-electron chi connectivity index (χ1n) is 8.96. The number of aromatic amines is 1. The molecule has 2 aromatic carbocycles. The van der Waals surface area contributed by atoms with Crippen molar-refractivity contribution in [3.8, 4) is 11.5 Å². The van der Waals surface area contributed by atoms with Crippen LogP contribution in [0.1, 0.15) is 11.3 Å². The Hall–Kier alpha value is -3.33. The number of hydrogen-bond acceptors (Lipinski definition) is 6. The van der Waals surface area contributed by atoms with Gasteiger partial charge in [0, 0.05) is 23.6 Å². The molecule has 1 amide bonds. The normalized spacial score (nSPS) is 10.5. The lowest BCUT2D eigenvalue weighted by molar-refractivity contribution is -0.115. The number of methoxy groups -OCH3 is 2. The van der Waals surface area contributed by atoms with Crippen LogP contribution in [0.5, 0.6) is 11.5 Å². The van der Waals surface area contributed by atoms with Gasteiger partial charge in [-0.3, -0.25) is 9.59 Å². The highest BCUT2D eigenvalue weighted by Crippen LogP contribution is 2.29. The van der Waals surface area contributed by atoms with Gasteiger partial charge in [0.1, 0.15) is 5.82 Å². The number of halogens is 1. The summed E-state index contributed by atoms with van der Waals surface area (Å²) in [6, 6.07) is 12.4. The summed E-state index contributed by atoms with van der Waals surface area (Å²) >= 11 is 1.30. The molecule has 3 rings (SSSR count). The van der Waals surface area contributed by atoms with Crippen LogP contribution in [0.2, 0.25) is 0 Å². The molecule has 1 aromatic heterocycles. The van der Waals surface area contributed by atoms with Crippen LogP contribution in [0.25, 0.3) is 0 Å². The smallest absolute Gasteiger partial charge is 0.251 e. The van der Waals surface area contributed by atoms with Crippen molar-refractivity contribution in [2.75, 3.05) is 19.5 Å². The van der Waals surface area contributed by atoms with E-state index in [0.717, 1.165) is 5.56 Å². The lowest BCUT2D eigenvalue weighted by Crippen LogP contribution is -2.18. The van der Waals surface area contributed by atoms with Crippen LogP contribution in [0.4, 0.5) is 10.1 Å². The summed E-state index contributed by atoms with van der Waals surface area (Å²) in [4.78, 5) is 31.3. The molecule has 2 N–H and O–H groups in total. The molecular formula is C21H20FN3O4S. The molecule has 0 saturated heterocycles. The third kappa shape index (κ3) is 5.84. The predicted molar refractivity (Wildman–Crippen MR) is 113 cm³/mol. The van der Waals surface area contributed by atoms with Crippen LogP contribution >= 0.6 is 11.8 Å². The maximum Gasteiger partial charge on any atom is 0.251 e. The van der Waals surface area contributed by atoms with Gasteiger partial charge in [-0.15, -0.1) is 0 Å². The monoisotopic (exact) mass is 429 g/mol. The number of amides is 1. The van der Waals surface area contributed by atoms with Crippen molar-refractivity contribution in [3.05, 3.63) is 76.0 Å². The van der Waals surface area contributed by atoms with E-state index in [2.05, 4.69) is 15.3 Å². The summed E-state index contributed by atoms with van der Waals surface area (Å²) in [6.45, 7) is 0. The number of nitrogens with one attached hydrogen (secondary N) is 2. The quantitative estimate of drug-likeness (QED) is 0.421. The van der Waals surface area contributed by atoms with Crippen molar-refractivity contribution < 1.29 is 18.7 Å². The van der Waals surface area contributed by atoms with Gasteiger partial charge in [-0.25, -0.2) is 9.37 Å². The largest absolute Gasteiger partial charge is 0.493 e. The third-order valence-corrected chi connectivity index (χ3v) is 5.02. The predicted octanol–water partition coefficient (Wildman–Crippen LogP) is 3.40. The summed E-state index contributed by atoms with van der Waals surface area (Å²) in [5, 5.41) is 3.14. The Morgan fingerprint density at radius 2 is 1.83 bits per heavy atom. The highest BCUT2D eigenvalue weighted by molar-refractivity contribution is 7.98. The Kier molecular flexibility index (Phi) is 7.08. The van der Waals surface area contributed by atoms with Gasteiger partial charge in [0.25, 0.3) is 5.56 Å². The van der Waals surface area contributed by atoms with E-state index < -0.39 is 0 Å². The first kappa shape index (κ1) is 21.4. The second-order valence-electron chi connectivity index (χ2n) is 6.25. The number of rotatable bonds is 8. The SMILES string of the molecule is COc1ccc(NC(=O)Cc2cc(=O)[nH]c(SCc3ccc(F)cc3)n2)cc1OC.